The molecule has 19 aromatic rings. The monoisotopic (exact) mass is 1890 g/mol. The van der Waals surface area contributed by atoms with Crippen molar-refractivity contribution in [3.63, 3.8) is 0 Å². The lowest BCUT2D eigenvalue weighted by Gasteiger charge is -2.33. The van der Waals surface area contributed by atoms with Crippen molar-refractivity contribution in [2.24, 2.45) is 0 Å². The second kappa shape index (κ2) is 40.1. The van der Waals surface area contributed by atoms with E-state index in [-0.39, 0.29) is 21.7 Å². The van der Waals surface area contributed by atoms with Crippen LogP contribution in [0, 0.1) is 13.8 Å². The Balaban J connectivity index is 0.659. The first-order chi connectivity index (χ1) is 71.1. The minimum Gasteiger partial charge on any atom is -0.454 e. The van der Waals surface area contributed by atoms with Crippen molar-refractivity contribution in [2.45, 2.75) is 271 Å². The maximum Gasteiger partial charge on any atom is 0.159 e. The Morgan fingerprint density at radius 3 is 0.966 bits per heavy atom. The molecule has 0 aliphatic heterocycles. The molecule has 0 saturated carbocycles. The number of rotatable bonds is 39. The normalized spacial score (nSPS) is 14.0. The molecular formula is C142H142N2O. The third-order valence-electron chi connectivity index (χ3n) is 34.7. The summed E-state index contributed by atoms with van der Waals surface area (Å²) in [5, 5.41) is 9.33. The molecule has 0 unspecified atom stereocenters. The third kappa shape index (κ3) is 16.9. The molecule has 0 amide bonds. The maximum atomic E-state index is 7.10. The van der Waals surface area contributed by atoms with Crippen LogP contribution in [0.25, 0.3) is 154 Å². The standard InChI is InChI=1S/C142H142N2O/c1-11-15-19-23-27-42-83-141(84-43-28-24-20-16-12-2)121-54-38-34-50-107(121)113-73-65-102(91-127(113)141)100-63-71-109-111-75-67-104(93-125(111)139(7,8)123(109)89-100)119-87-95(5)59-79-132(119)143(130-81-69-98-62-78-118-131(82-70-99-61-77-117(130)136(98)137(99)118)144(129-56-40-36-49-106(129)97-47-32-31-33-48-97)134-57-46-53-116-115-52-37-41-58-135(115)145-138(116)134)133-80-60-96(6)88-120(133)105-68-76-112-110-72-64-101(90-124(110)140(9,10)126(112)94-105)103-66-74-114-108-51-35-39-55-122(108)142(128(114)92-103,85-44-29-25-21-17-13-3)86-45-30-26-22-18-14-4/h31-41,46-82,87-94H,11-30,42-45,83-86H2,1-10H3. The van der Waals surface area contributed by atoms with E-state index in [0.717, 1.165) is 72.6 Å². The number of aryl methyl sites for hydroxylation is 2. The van der Waals surface area contributed by atoms with E-state index in [1.54, 1.807) is 22.3 Å². The first-order valence-corrected chi connectivity index (χ1v) is 55.8. The van der Waals surface area contributed by atoms with Crippen molar-refractivity contribution in [3.8, 4) is 100 Å². The van der Waals surface area contributed by atoms with Crippen LogP contribution < -0.4 is 9.80 Å². The Labute approximate surface area is 862 Å². The molecule has 1 aromatic heterocycles. The molecule has 18 aromatic carbocycles. The van der Waals surface area contributed by atoms with Crippen molar-refractivity contribution in [3.05, 3.63) is 395 Å². The zero-order valence-electron chi connectivity index (χ0n) is 87.4. The zero-order chi connectivity index (χ0) is 98.7. The summed E-state index contributed by atoms with van der Waals surface area (Å²) in [4.78, 5) is 5.17. The van der Waals surface area contributed by atoms with Crippen LogP contribution in [0.5, 0.6) is 0 Å². The summed E-state index contributed by atoms with van der Waals surface area (Å²) in [5.41, 5.74) is 45.0. The molecule has 1 heterocycles. The van der Waals surface area contributed by atoms with Gasteiger partial charge in [0.1, 0.15) is 5.58 Å². The van der Waals surface area contributed by atoms with Gasteiger partial charge in [-0.2, -0.15) is 0 Å². The lowest BCUT2D eigenvalue weighted by Crippen LogP contribution is -2.25. The Kier molecular flexibility index (Phi) is 26.2. The molecule has 4 aliphatic carbocycles. The predicted molar refractivity (Wildman–Crippen MR) is 623 cm³/mol. The Morgan fingerprint density at radius 2 is 0.524 bits per heavy atom. The summed E-state index contributed by atoms with van der Waals surface area (Å²) in [7, 11) is 0. The highest BCUT2D eigenvalue weighted by molar-refractivity contribution is 6.29. The molecular weight excluding hydrogens is 1750 g/mol. The lowest BCUT2D eigenvalue weighted by molar-refractivity contribution is 0.398. The van der Waals surface area contributed by atoms with Gasteiger partial charge in [-0.1, -0.05) is 469 Å². The van der Waals surface area contributed by atoms with E-state index < -0.39 is 0 Å². The summed E-state index contributed by atoms with van der Waals surface area (Å²) in [5.74, 6) is 0. The average Bonchev–Trinajstić information content (AvgIpc) is 1.71. The lowest BCUT2D eigenvalue weighted by atomic mass is 9.70. The Bertz CT molecular complexity index is 7730. The number of fused-ring (bicyclic) bond motifs is 15. The fourth-order valence-corrected chi connectivity index (χ4v) is 27.1. The number of hydrogen-bond donors (Lipinski definition) is 0. The molecule has 0 spiro atoms. The number of hydrogen-bond acceptors (Lipinski definition) is 3. The minimum atomic E-state index is -0.330. The fraction of sp³-hybridized carbons (Fsp3) is 0.296. The van der Waals surface area contributed by atoms with E-state index in [1.165, 1.54) is 329 Å². The summed E-state index contributed by atoms with van der Waals surface area (Å²) in [6, 6.07) is 133. The van der Waals surface area contributed by atoms with Gasteiger partial charge in [0.2, 0.25) is 0 Å². The quantitative estimate of drug-likeness (QED) is 0.0283. The number of para-hydroxylation sites is 3. The van der Waals surface area contributed by atoms with Gasteiger partial charge in [-0.25, -0.2) is 0 Å². The molecule has 0 saturated heterocycles. The van der Waals surface area contributed by atoms with Gasteiger partial charge in [0.25, 0.3) is 0 Å². The van der Waals surface area contributed by atoms with Crippen molar-refractivity contribution in [2.75, 3.05) is 9.80 Å². The van der Waals surface area contributed by atoms with Crippen LogP contribution in [0.4, 0.5) is 34.1 Å². The molecule has 0 radical (unpaired) electrons. The van der Waals surface area contributed by atoms with Gasteiger partial charge in [-0.15, -0.1) is 0 Å². The number of anilines is 6. The molecule has 726 valence electrons. The molecule has 0 atom stereocenters. The van der Waals surface area contributed by atoms with Crippen molar-refractivity contribution in [1.82, 2.24) is 0 Å². The van der Waals surface area contributed by atoms with Crippen LogP contribution in [0.15, 0.2) is 344 Å². The van der Waals surface area contributed by atoms with Crippen LogP contribution in [-0.2, 0) is 21.7 Å². The molecule has 3 nitrogen and oxygen atoms in total. The van der Waals surface area contributed by atoms with Crippen molar-refractivity contribution < 1.29 is 4.42 Å². The van der Waals surface area contributed by atoms with Crippen LogP contribution in [0.3, 0.4) is 0 Å². The predicted octanol–water partition coefficient (Wildman–Crippen LogP) is 42.5. The minimum absolute atomic E-state index is 0.00514. The molecule has 23 rings (SSSR count). The first-order valence-electron chi connectivity index (χ1n) is 55.8. The van der Waals surface area contributed by atoms with E-state index >= 15 is 0 Å². The van der Waals surface area contributed by atoms with E-state index in [1.807, 2.05) is 0 Å². The van der Waals surface area contributed by atoms with Crippen LogP contribution >= 0.6 is 0 Å². The second-order valence-electron chi connectivity index (χ2n) is 44.6. The number of benzene rings is 18. The van der Waals surface area contributed by atoms with Crippen LogP contribution in [0.1, 0.15) is 291 Å². The SMILES string of the molecule is CCCCCCCCC1(CCCCCCCC)c2ccccc2-c2ccc(-c3ccc4c(c3)C(C)(C)c3cc(-c5cc(C)ccc5N(c5ccc(C)cc5-c5ccc6c(c5)C(C)(C)c5cc(-c7ccc8c(c7)C(CCCCCCCC)(CCCCCCCC)c7ccccc7-8)ccc5-6)c5ccc6ccc7c(N(c8ccccc8-c8ccccc8)c8cccc9c8oc8ccccc89)ccc8ccc5c6c87)ccc3-4)cc21. The maximum absolute atomic E-state index is 7.10. The summed E-state index contributed by atoms with van der Waals surface area (Å²) in [6.07, 6.45) is 36.1. The smallest absolute Gasteiger partial charge is 0.159 e. The first kappa shape index (κ1) is 95.0. The number of nitrogens with zero attached hydrogens (tertiary/aromatic N) is 2. The van der Waals surface area contributed by atoms with Gasteiger partial charge < -0.3 is 14.2 Å². The summed E-state index contributed by atoms with van der Waals surface area (Å²) < 4.78 is 7.10. The molecule has 0 bridgehead atoms. The average molecular weight is 1890 g/mol. The topological polar surface area (TPSA) is 19.6 Å². The highest BCUT2D eigenvalue weighted by atomic mass is 16.3. The van der Waals surface area contributed by atoms with Gasteiger partial charge in [-0.05, 0) is 280 Å². The van der Waals surface area contributed by atoms with Crippen molar-refractivity contribution in [1.29, 1.82) is 0 Å². The summed E-state index contributed by atoms with van der Waals surface area (Å²) in [6.45, 7) is 23.9. The Hall–Kier alpha value is -13.6. The van der Waals surface area contributed by atoms with Gasteiger partial charge >= 0.3 is 0 Å². The Morgan fingerprint density at radius 1 is 0.207 bits per heavy atom. The zero-order valence-corrected chi connectivity index (χ0v) is 87.4. The van der Waals surface area contributed by atoms with Gasteiger partial charge in [0, 0.05) is 59.9 Å². The van der Waals surface area contributed by atoms with Gasteiger partial charge in [0.05, 0.1) is 34.1 Å². The third-order valence-corrected chi connectivity index (χ3v) is 34.7. The largest absolute Gasteiger partial charge is 0.454 e. The highest BCUT2D eigenvalue weighted by Gasteiger charge is 2.46. The molecule has 0 fully saturated rings. The van der Waals surface area contributed by atoms with E-state index in [0.29, 0.717) is 0 Å². The van der Waals surface area contributed by atoms with E-state index in [2.05, 4.69) is 419 Å². The van der Waals surface area contributed by atoms with Crippen molar-refractivity contribution >= 4 is 88.4 Å². The number of furan rings is 1. The molecule has 145 heavy (non-hydrogen) atoms. The number of unbranched alkanes of at least 4 members (excludes halogenated alkanes) is 20. The second-order valence-corrected chi connectivity index (χ2v) is 44.6. The van der Waals surface area contributed by atoms with Gasteiger partial charge in [-0.3, -0.25) is 0 Å². The molecule has 3 heteroatoms. The molecule has 0 N–H and O–H groups in total. The van der Waals surface area contributed by atoms with Crippen LogP contribution in [0.2, 0.25) is 0 Å². The fourth-order valence-electron chi connectivity index (χ4n) is 27.1. The highest BCUT2D eigenvalue weighted by Crippen LogP contribution is 2.62. The van der Waals surface area contributed by atoms with E-state index in [9.17, 15) is 0 Å². The molecule has 4 aliphatic rings. The van der Waals surface area contributed by atoms with E-state index in [4.69, 9.17) is 4.42 Å². The summed E-state index contributed by atoms with van der Waals surface area (Å²) >= 11 is 0. The van der Waals surface area contributed by atoms with Crippen LogP contribution in [-0.4, -0.2) is 0 Å². The van der Waals surface area contributed by atoms with Gasteiger partial charge in [0.15, 0.2) is 5.58 Å².